The molecule has 2 aromatic heterocycles. The average Bonchev–Trinajstić information content (AvgIpc) is 3.14. The van der Waals surface area contributed by atoms with Crippen LogP contribution in [-0.4, -0.2) is 51.3 Å². The number of aliphatic hydroxyl groups is 1. The summed E-state index contributed by atoms with van der Waals surface area (Å²) in [6, 6.07) is 3.65. The summed E-state index contributed by atoms with van der Waals surface area (Å²) in [7, 11) is 0. The average molecular weight is 371 g/mol. The summed E-state index contributed by atoms with van der Waals surface area (Å²) in [4.78, 5) is 23.1. The molecule has 0 saturated carbocycles. The Kier molecular flexibility index (Phi) is 6.45. The maximum Gasteiger partial charge on any atom is 0.252 e. The first-order valence-corrected chi connectivity index (χ1v) is 9.73. The second-order valence-corrected chi connectivity index (χ2v) is 7.39. The van der Waals surface area contributed by atoms with Crippen molar-refractivity contribution in [1.29, 1.82) is 0 Å². The SMILES string of the molecule is CC(C)c1nccn1CCCNC(=O)c1ccc(N2CCC[C@H](O)C2)nc1. The van der Waals surface area contributed by atoms with Gasteiger partial charge in [0.2, 0.25) is 0 Å². The molecule has 1 aliphatic rings. The molecule has 27 heavy (non-hydrogen) atoms. The van der Waals surface area contributed by atoms with Crippen molar-refractivity contribution in [3.63, 3.8) is 0 Å². The van der Waals surface area contributed by atoms with Crippen LogP contribution in [0.25, 0.3) is 0 Å². The molecular weight excluding hydrogens is 342 g/mol. The largest absolute Gasteiger partial charge is 0.391 e. The molecule has 0 bridgehead atoms. The van der Waals surface area contributed by atoms with Crippen LogP contribution in [0.5, 0.6) is 0 Å². The van der Waals surface area contributed by atoms with Gasteiger partial charge in [-0.1, -0.05) is 13.8 Å². The van der Waals surface area contributed by atoms with E-state index < -0.39 is 0 Å². The van der Waals surface area contributed by atoms with E-state index >= 15 is 0 Å². The number of carbonyl (C=O) groups is 1. The van der Waals surface area contributed by atoms with Crippen LogP contribution in [0.15, 0.2) is 30.7 Å². The van der Waals surface area contributed by atoms with Crippen LogP contribution in [0.2, 0.25) is 0 Å². The second kappa shape index (κ2) is 8.99. The standard InChI is InChI=1S/C20H29N5O2/c1-15(2)19-21-9-12-24(19)11-4-8-22-20(27)16-6-7-18(23-13-16)25-10-3-5-17(26)14-25/h6-7,9,12-13,15,17,26H,3-5,8,10-11,14H2,1-2H3,(H,22,27)/t17-/m0/s1. The van der Waals surface area contributed by atoms with Crippen molar-refractivity contribution >= 4 is 11.7 Å². The molecule has 1 fully saturated rings. The Hall–Kier alpha value is -2.41. The van der Waals surface area contributed by atoms with Crippen molar-refractivity contribution in [2.45, 2.75) is 51.7 Å². The van der Waals surface area contributed by atoms with Gasteiger partial charge in [0.1, 0.15) is 11.6 Å². The Labute approximate surface area is 160 Å². The van der Waals surface area contributed by atoms with Crippen molar-refractivity contribution in [1.82, 2.24) is 19.9 Å². The summed E-state index contributed by atoms with van der Waals surface area (Å²) in [5.74, 6) is 2.17. The van der Waals surface area contributed by atoms with Crippen molar-refractivity contribution in [3.8, 4) is 0 Å². The predicted molar refractivity (Wildman–Crippen MR) is 105 cm³/mol. The van der Waals surface area contributed by atoms with Gasteiger partial charge in [0.25, 0.3) is 5.91 Å². The van der Waals surface area contributed by atoms with Crippen molar-refractivity contribution in [3.05, 3.63) is 42.1 Å². The number of nitrogens with one attached hydrogen (secondary N) is 1. The van der Waals surface area contributed by atoms with Gasteiger partial charge in [-0.05, 0) is 31.4 Å². The molecule has 0 aliphatic carbocycles. The van der Waals surface area contributed by atoms with E-state index in [9.17, 15) is 9.90 Å². The van der Waals surface area contributed by atoms with Gasteiger partial charge in [-0.2, -0.15) is 0 Å². The van der Waals surface area contributed by atoms with E-state index in [1.807, 2.05) is 18.5 Å². The number of hydrogen-bond acceptors (Lipinski definition) is 5. The van der Waals surface area contributed by atoms with Crippen molar-refractivity contribution in [2.24, 2.45) is 0 Å². The Morgan fingerprint density at radius 3 is 2.93 bits per heavy atom. The van der Waals surface area contributed by atoms with Crippen LogP contribution in [0, 0.1) is 0 Å². The monoisotopic (exact) mass is 371 g/mol. The van der Waals surface area contributed by atoms with Crippen molar-refractivity contribution in [2.75, 3.05) is 24.5 Å². The molecule has 1 atom stereocenters. The van der Waals surface area contributed by atoms with Crippen LogP contribution in [-0.2, 0) is 6.54 Å². The third-order valence-corrected chi connectivity index (χ3v) is 4.86. The van der Waals surface area contributed by atoms with Crippen LogP contribution in [0.1, 0.15) is 55.2 Å². The maximum absolute atomic E-state index is 12.3. The summed E-state index contributed by atoms with van der Waals surface area (Å²) in [6.07, 6.45) is 7.77. The predicted octanol–water partition coefficient (Wildman–Crippen LogP) is 2.18. The van der Waals surface area contributed by atoms with Gasteiger partial charge >= 0.3 is 0 Å². The lowest BCUT2D eigenvalue weighted by Gasteiger charge is -2.30. The third-order valence-electron chi connectivity index (χ3n) is 4.86. The van der Waals surface area contributed by atoms with E-state index in [2.05, 4.69) is 38.6 Å². The van der Waals surface area contributed by atoms with E-state index in [0.29, 0.717) is 24.6 Å². The zero-order valence-corrected chi connectivity index (χ0v) is 16.1. The molecule has 1 aliphatic heterocycles. The topological polar surface area (TPSA) is 83.3 Å². The van der Waals surface area contributed by atoms with E-state index in [0.717, 1.165) is 44.0 Å². The van der Waals surface area contributed by atoms with Gasteiger partial charge in [-0.3, -0.25) is 4.79 Å². The van der Waals surface area contributed by atoms with Crippen LogP contribution >= 0.6 is 0 Å². The number of nitrogens with zero attached hydrogens (tertiary/aromatic N) is 4. The molecule has 2 N–H and O–H groups in total. The number of amides is 1. The fourth-order valence-corrected chi connectivity index (χ4v) is 3.43. The highest BCUT2D eigenvalue weighted by Gasteiger charge is 2.19. The highest BCUT2D eigenvalue weighted by atomic mass is 16.3. The smallest absolute Gasteiger partial charge is 0.252 e. The first-order valence-electron chi connectivity index (χ1n) is 9.73. The van der Waals surface area contributed by atoms with Gasteiger partial charge in [-0.25, -0.2) is 9.97 Å². The lowest BCUT2D eigenvalue weighted by molar-refractivity contribution is 0.0952. The molecule has 0 unspecified atom stereocenters. The molecule has 7 nitrogen and oxygen atoms in total. The van der Waals surface area contributed by atoms with Gasteiger partial charge in [0, 0.05) is 50.7 Å². The molecule has 0 aromatic carbocycles. The molecule has 3 rings (SSSR count). The fourth-order valence-electron chi connectivity index (χ4n) is 3.43. The Balaban J connectivity index is 1.46. The molecule has 146 valence electrons. The minimum absolute atomic E-state index is 0.109. The molecular formula is C20H29N5O2. The van der Waals surface area contributed by atoms with E-state index in [1.54, 1.807) is 12.3 Å². The molecule has 3 heterocycles. The maximum atomic E-state index is 12.3. The third kappa shape index (κ3) is 5.07. The number of piperidine rings is 1. The minimum atomic E-state index is -0.296. The minimum Gasteiger partial charge on any atom is -0.391 e. The normalized spacial score (nSPS) is 17.3. The van der Waals surface area contributed by atoms with Gasteiger partial charge in [-0.15, -0.1) is 0 Å². The summed E-state index contributed by atoms with van der Waals surface area (Å²) in [5.41, 5.74) is 0.557. The summed E-state index contributed by atoms with van der Waals surface area (Å²) in [5, 5.41) is 12.7. The molecule has 2 aromatic rings. The zero-order valence-electron chi connectivity index (χ0n) is 16.1. The number of carbonyl (C=O) groups excluding carboxylic acids is 1. The zero-order chi connectivity index (χ0) is 19.2. The molecule has 1 amide bonds. The number of aliphatic hydroxyl groups excluding tert-OH is 1. The summed E-state index contributed by atoms with van der Waals surface area (Å²) < 4.78 is 2.14. The van der Waals surface area contributed by atoms with Gasteiger partial charge < -0.3 is 19.9 Å². The number of hydrogen-bond donors (Lipinski definition) is 2. The molecule has 0 spiro atoms. The second-order valence-electron chi connectivity index (χ2n) is 7.39. The van der Waals surface area contributed by atoms with Gasteiger partial charge in [0.05, 0.1) is 11.7 Å². The summed E-state index contributed by atoms with van der Waals surface area (Å²) >= 11 is 0. The molecule has 0 radical (unpaired) electrons. The Morgan fingerprint density at radius 1 is 1.37 bits per heavy atom. The van der Waals surface area contributed by atoms with Crippen molar-refractivity contribution < 1.29 is 9.90 Å². The number of aromatic nitrogens is 3. The number of aryl methyl sites for hydroxylation is 1. The van der Waals surface area contributed by atoms with Crippen LogP contribution in [0.3, 0.4) is 0 Å². The number of β-amino-alcohol motifs (C(OH)–C–C–N with tert-alkyl or cyclic N) is 1. The van der Waals surface area contributed by atoms with E-state index in [-0.39, 0.29) is 12.0 Å². The van der Waals surface area contributed by atoms with Crippen LogP contribution in [0.4, 0.5) is 5.82 Å². The number of imidazole rings is 1. The highest BCUT2D eigenvalue weighted by Crippen LogP contribution is 2.18. The van der Waals surface area contributed by atoms with E-state index in [4.69, 9.17) is 0 Å². The number of pyridine rings is 1. The quantitative estimate of drug-likeness (QED) is 0.729. The first-order chi connectivity index (χ1) is 13.0. The number of anilines is 1. The molecule has 1 saturated heterocycles. The van der Waals surface area contributed by atoms with E-state index in [1.165, 1.54) is 0 Å². The lowest BCUT2D eigenvalue weighted by Crippen LogP contribution is -2.38. The Morgan fingerprint density at radius 2 is 2.22 bits per heavy atom. The summed E-state index contributed by atoms with van der Waals surface area (Å²) in [6.45, 7) is 7.19. The Bertz CT molecular complexity index is 741. The highest BCUT2D eigenvalue weighted by molar-refractivity contribution is 5.94. The number of rotatable bonds is 7. The fraction of sp³-hybridized carbons (Fsp3) is 0.550. The lowest BCUT2D eigenvalue weighted by atomic mass is 10.1. The van der Waals surface area contributed by atoms with Gasteiger partial charge in [0.15, 0.2) is 0 Å². The first kappa shape index (κ1) is 19.4. The van der Waals surface area contributed by atoms with Crippen LogP contribution < -0.4 is 10.2 Å². The molecule has 7 heteroatoms.